The molecule has 2 aromatic heterocycles. The number of hydrogen-bond acceptors (Lipinski definition) is 7. The van der Waals surface area contributed by atoms with Gasteiger partial charge in [0.1, 0.15) is 0 Å². The number of nitrogens with one attached hydrogen (secondary N) is 2. The molecule has 0 fully saturated rings. The summed E-state index contributed by atoms with van der Waals surface area (Å²) in [5.74, 6) is -0.0696. The van der Waals surface area contributed by atoms with Crippen molar-refractivity contribution in [2.24, 2.45) is 0 Å². The summed E-state index contributed by atoms with van der Waals surface area (Å²) in [6, 6.07) is 2.26. The predicted octanol–water partition coefficient (Wildman–Crippen LogP) is 0.660. The van der Waals surface area contributed by atoms with Gasteiger partial charge in [0.15, 0.2) is 5.82 Å². The fraction of sp³-hybridized carbons (Fsp3) is 0.250. The van der Waals surface area contributed by atoms with Gasteiger partial charge in [-0.15, -0.1) is 10.2 Å². The lowest BCUT2D eigenvalue weighted by atomic mass is 10.3. The van der Waals surface area contributed by atoms with Crippen LogP contribution in [0.15, 0.2) is 12.1 Å². The Morgan fingerprint density at radius 3 is 2.94 bits per heavy atom. The van der Waals surface area contributed by atoms with Gasteiger partial charge < -0.3 is 5.32 Å². The summed E-state index contributed by atoms with van der Waals surface area (Å²) in [5.41, 5.74) is 0. The van der Waals surface area contributed by atoms with Gasteiger partial charge in [-0.2, -0.15) is 5.21 Å². The number of carbonyl (C=O) groups excluding carboxylic acids is 1. The number of amides is 1. The minimum atomic E-state index is -0.538. The number of aromatic nitrogens is 4. The Labute approximate surface area is 104 Å². The van der Waals surface area contributed by atoms with Gasteiger partial charge in [-0.25, -0.2) is 0 Å². The van der Waals surface area contributed by atoms with Gasteiger partial charge in [0.2, 0.25) is 0 Å². The van der Waals surface area contributed by atoms with Crippen molar-refractivity contribution in [1.82, 2.24) is 25.9 Å². The van der Waals surface area contributed by atoms with Crippen molar-refractivity contribution >= 4 is 22.2 Å². The van der Waals surface area contributed by atoms with Crippen molar-refractivity contribution in [3.63, 3.8) is 0 Å². The molecule has 2 N–H and O–H groups in total. The van der Waals surface area contributed by atoms with Crippen molar-refractivity contribution < 1.29 is 9.72 Å². The van der Waals surface area contributed by atoms with Crippen molar-refractivity contribution in [2.45, 2.75) is 13.0 Å². The molecule has 0 saturated carbocycles. The summed E-state index contributed by atoms with van der Waals surface area (Å²) in [6.45, 7) is 1.69. The SMILES string of the molecule is CC(NC(=O)c1ccc([N+](=O)[O-])s1)c1nn[nH]n1. The van der Waals surface area contributed by atoms with E-state index < -0.39 is 16.9 Å². The van der Waals surface area contributed by atoms with Crippen molar-refractivity contribution in [1.29, 1.82) is 0 Å². The normalized spacial score (nSPS) is 12.1. The minimum absolute atomic E-state index is 0.0765. The lowest BCUT2D eigenvalue weighted by molar-refractivity contribution is -0.380. The summed E-state index contributed by atoms with van der Waals surface area (Å²) in [5, 5.41) is 26.1. The first-order valence-corrected chi connectivity index (χ1v) is 5.68. The third-order valence-corrected chi connectivity index (χ3v) is 3.13. The fourth-order valence-electron chi connectivity index (χ4n) is 1.23. The molecule has 0 saturated heterocycles. The number of carbonyl (C=O) groups is 1. The smallest absolute Gasteiger partial charge is 0.324 e. The molecule has 0 bridgehead atoms. The Balaban J connectivity index is 2.05. The highest BCUT2D eigenvalue weighted by Crippen LogP contribution is 2.24. The van der Waals surface area contributed by atoms with Crippen LogP contribution in [0.3, 0.4) is 0 Å². The highest BCUT2D eigenvalue weighted by Gasteiger charge is 2.18. The molecule has 0 aliphatic heterocycles. The highest BCUT2D eigenvalue weighted by molar-refractivity contribution is 7.17. The van der Waals surface area contributed by atoms with Gasteiger partial charge in [0.05, 0.1) is 15.8 Å². The van der Waals surface area contributed by atoms with Crippen molar-refractivity contribution in [3.8, 4) is 0 Å². The second-order valence-electron chi connectivity index (χ2n) is 3.36. The number of rotatable bonds is 4. The summed E-state index contributed by atoms with van der Waals surface area (Å²) in [7, 11) is 0. The molecular formula is C8H8N6O3S. The lowest BCUT2D eigenvalue weighted by Gasteiger charge is -2.07. The molecule has 18 heavy (non-hydrogen) atoms. The highest BCUT2D eigenvalue weighted by atomic mass is 32.1. The monoisotopic (exact) mass is 268 g/mol. The zero-order valence-electron chi connectivity index (χ0n) is 9.15. The van der Waals surface area contributed by atoms with Gasteiger partial charge >= 0.3 is 5.00 Å². The molecule has 1 amide bonds. The first kappa shape index (κ1) is 12.1. The molecule has 2 heterocycles. The van der Waals surface area contributed by atoms with E-state index in [0.717, 1.165) is 11.3 Å². The Morgan fingerprint density at radius 1 is 1.61 bits per heavy atom. The second-order valence-corrected chi connectivity index (χ2v) is 4.42. The average molecular weight is 268 g/mol. The van der Waals surface area contributed by atoms with Gasteiger partial charge in [-0.05, 0) is 13.0 Å². The third kappa shape index (κ3) is 2.48. The molecule has 2 aromatic rings. The quantitative estimate of drug-likeness (QED) is 0.619. The van der Waals surface area contributed by atoms with Crippen LogP contribution in [-0.4, -0.2) is 31.5 Å². The maximum Gasteiger partial charge on any atom is 0.324 e. The van der Waals surface area contributed by atoms with Crippen LogP contribution in [0, 0.1) is 10.1 Å². The molecule has 1 unspecified atom stereocenters. The number of nitro groups is 1. The minimum Gasteiger partial charge on any atom is -0.341 e. The number of thiophene rings is 1. The largest absolute Gasteiger partial charge is 0.341 e. The number of H-pyrrole nitrogens is 1. The summed E-state index contributed by atoms with van der Waals surface area (Å²) < 4.78 is 0. The van der Waals surface area contributed by atoms with E-state index in [2.05, 4.69) is 25.9 Å². The molecule has 1 atom stereocenters. The van der Waals surface area contributed by atoms with Crippen LogP contribution >= 0.6 is 11.3 Å². The first-order valence-electron chi connectivity index (χ1n) is 4.86. The molecule has 0 radical (unpaired) electrons. The number of tetrazole rings is 1. The van der Waals surface area contributed by atoms with Gasteiger partial charge in [0, 0.05) is 6.07 Å². The zero-order valence-corrected chi connectivity index (χ0v) is 9.97. The van der Waals surface area contributed by atoms with E-state index in [0.29, 0.717) is 5.82 Å². The molecule has 10 heteroatoms. The van der Waals surface area contributed by atoms with Crippen LogP contribution in [0.2, 0.25) is 0 Å². The standard InChI is InChI=1S/C8H8N6O3S/c1-4(7-10-12-13-11-7)9-8(15)5-2-3-6(18-5)14(16)17/h2-4H,1H3,(H,9,15)(H,10,11,12,13). The zero-order chi connectivity index (χ0) is 13.1. The Morgan fingerprint density at radius 2 is 2.39 bits per heavy atom. The van der Waals surface area contributed by atoms with Crippen LogP contribution < -0.4 is 5.32 Å². The summed E-state index contributed by atoms with van der Waals surface area (Å²) >= 11 is 0.813. The lowest BCUT2D eigenvalue weighted by Crippen LogP contribution is -2.26. The molecule has 0 aliphatic carbocycles. The number of hydrogen-bond donors (Lipinski definition) is 2. The average Bonchev–Trinajstić information content (AvgIpc) is 3.00. The maximum atomic E-state index is 11.8. The van der Waals surface area contributed by atoms with E-state index in [1.807, 2.05) is 0 Å². The van der Waals surface area contributed by atoms with Gasteiger partial charge in [-0.3, -0.25) is 14.9 Å². The topological polar surface area (TPSA) is 127 Å². The molecule has 2 rings (SSSR count). The second kappa shape index (κ2) is 4.87. The van der Waals surface area contributed by atoms with E-state index in [9.17, 15) is 14.9 Å². The fourth-order valence-corrected chi connectivity index (χ4v) is 1.96. The number of aromatic amines is 1. The molecular weight excluding hydrogens is 260 g/mol. The Kier molecular flexibility index (Phi) is 3.28. The Hall–Kier alpha value is -2.36. The van der Waals surface area contributed by atoms with E-state index in [4.69, 9.17) is 0 Å². The van der Waals surface area contributed by atoms with E-state index in [-0.39, 0.29) is 9.88 Å². The maximum absolute atomic E-state index is 11.8. The van der Waals surface area contributed by atoms with E-state index >= 15 is 0 Å². The van der Waals surface area contributed by atoms with Crippen LogP contribution in [-0.2, 0) is 0 Å². The van der Waals surface area contributed by atoms with Crippen LogP contribution in [0.4, 0.5) is 5.00 Å². The van der Waals surface area contributed by atoms with Gasteiger partial charge in [-0.1, -0.05) is 16.6 Å². The number of nitrogens with zero attached hydrogens (tertiary/aromatic N) is 4. The van der Waals surface area contributed by atoms with Crippen LogP contribution in [0.1, 0.15) is 28.5 Å². The molecule has 0 aromatic carbocycles. The third-order valence-electron chi connectivity index (χ3n) is 2.09. The molecule has 0 spiro atoms. The van der Waals surface area contributed by atoms with Crippen LogP contribution in [0.25, 0.3) is 0 Å². The van der Waals surface area contributed by atoms with Gasteiger partial charge in [0.25, 0.3) is 5.91 Å². The Bertz CT molecular complexity index is 565. The van der Waals surface area contributed by atoms with Crippen LogP contribution in [0.5, 0.6) is 0 Å². The first-order chi connectivity index (χ1) is 8.58. The molecule has 9 nitrogen and oxygen atoms in total. The summed E-state index contributed by atoms with van der Waals surface area (Å²) in [6.07, 6.45) is 0. The molecule has 94 valence electrons. The van der Waals surface area contributed by atoms with Crippen molar-refractivity contribution in [3.05, 3.63) is 32.9 Å². The van der Waals surface area contributed by atoms with E-state index in [1.165, 1.54) is 12.1 Å². The predicted molar refractivity (Wildman–Crippen MR) is 61.0 cm³/mol. The molecule has 0 aliphatic rings. The van der Waals surface area contributed by atoms with E-state index in [1.54, 1.807) is 6.92 Å². The summed E-state index contributed by atoms with van der Waals surface area (Å²) in [4.78, 5) is 22.0. The van der Waals surface area contributed by atoms with Crippen molar-refractivity contribution in [2.75, 3.05) is 0 Å².